The minimum Gasteiger partial charge on any atom is -0.349 e. The molecular weight excluding hydrogens is 252 g/mol. The monoisotopic (exact) mass is 276 g/mol. The maximum Gasteiger partial charge on any atom is 0.251 e. The third kappa shape index (κ3) is 3.48. The zero-order chi connectivity index (χ0) is 14.8. The van der Waals surface area contributed by atoms with Crippen LogP contribution in [0, 0.1) is 0 Å². The number of nitrogens with two attached hydrogens (primary N) is 1. The molecule has 20 heavy (non-hydrogen) atoms. The van der Waals surface area contributed by atoms with E-state index in [2.05, 4.69) is 36.5 Å². The van der Waals surface area contributed by atoms with Gasteiger partial charge >= 0.3 is 0 Å². The topological polar surface area (TPSA) is 80.0 Å². The summed E-state index contributed by atoms with van der Waals surface area (Å²) >= 11 is 0. The lowest BCUT2D eigenvalue weighted by molar-refractivity contribution is 0.0937. The molecule has 1 saturated carbocycles. The fourth-order valence-corrected chi connectivity index (χ4v) is 2.46. The van der Waals surface area contributed by atoms with E-state index >= 15 is 0 Å². The molecule has 1 heterocycles. The first kappa shape index (κ1) is 14.8. The Morgan fingerprint density at radius 3 is 2.50 bits per heavy atom. The first-order valence-electron chi connectivity index (χ1n) is 7.20. The normalized spacial score (nSPS) is 16.2. The van der Waals surface area contributed by atoms with E-state index in [0.29, 0.717) is 17.4 Å². The number of carbonyl (C=O) groups is 1. The van der Waals surface area contributed by atoms with Crippen LogP contribution in [0.2, 0.25) is 0 Å². The van der Waals surface area contributed by atoms with Gasteiger partial charge in [0.2, 0.25) is 0 Å². The standard InChI is InChI=1S/C15H24N4O/c1-15(2,3)12-8-10(9-13(18-12)19-16)14(20)17-11-6-4-5-7-11/h8-9,11H,4-7,16H2,1-3H3,(H,17,20)(H,18,19). The van der Waals surface area contributed by atoms with Crippen molar-refractivity contribution >= 4 is 11.7 Å². The van der Waals surface area contributed by atoms with Crippen LogP contribution in [0.25, 0.3) is 0 Å². The van der Waals surface area contributed by atoms with Crippen LogP contribution < -0.4 is 16.6 Å². The molecule has 0 bridgehead atoms. The van der Waals surface area contributed by atoms with Crippen LogP contribution in [0.1, 0.15) is 62.5 Å². The Morgan fingerprint density at radius 2 is 1.95 bits per heavy atom. The Morgan fingerprint density at radius 1 is 1.30 bits per heavy atom. The van der Waals surface area contributed by atoms with E-state index < -0.39 is 0 Å². The van der Waals surface area contributed by atoms with Crippen molar-refractivity contribution in [2.24, 2.45) is 5.84 Å². The van der Waals surface area contributed by atoms with Gasteiger partial charge in [-0.1, -0.05) is 33.6 Å². The zero-order valence-corrected chi connectivity index (χ0v) is 12.5. The van der Waals surface area contributed by atoms with Crippen molar-refractivity contribution in [3.8, 4) is 0 Å². The highest BCUT2D eigenvalue weighted by molar-refractivity contribution is 5.95. The summed E-state index contributed by atoms with van der Waals surface area (Å²) in [6.45, 7) is 6.19. The minimum atomic E-state index is -0.130. The number of anilines is 1. The number of hydrazine groups is 1. The molecule has 1 amide bonds. The smallest absolute Gasteiger partial charge is 0.251 e. The lowest BCUT2D eigenvalue weighted by Crippen LogP contribution is -2.33. The van der Waals surface area contributed by atoms with Crippen molar-refractivity contribution in [3.05, 3.63) is 23.4 Å². The molecule has 5 nitrogen and oxygen atoms in total. The number of pyridine rings is 1. The number of amides is 1. The Labute approximate surface area is 120 Å². The van der Waals surface area contributed by atoms with Gasteiger partial charge in [0.15, 0.2) is 0 Å². The molecule has 0 aromatic carbocycles. The van der Waals surface area contributed by atoms with Crippen molar-refractivity contribution in [2.75, 3.05) is 5.43 Å². The SMILES string of the molecule is CC(C)(C)c1cc(C(=O)NC2CCCC2)cc(NN)n1. The summed E-state index contributed by atoms with van der Waals surface area (Å²) in [5.41, 5.74) is 3.87. The van der Waals surface area contributed by atoms with E-state index in [-0.39, 0.29) is 11.3 Å². The molecule has 0 unspecified atom stereocenters. The number of aromatic nitrogens is 1. The van der Waals surface area contributed by atoms with Crippen LogP contribution in [-0.4, -0.2) is 16.9 Å². The second kappa shape index (κ2) is 5.79. The number of nitrogen functional groups attached to an aromatic ring is 1. The summed E-state index contributed by atoms with van der Waals surface area (Å²) in [5, 5.41) is 3.09. The Balaban J connectivity index is 2.23. The quantitative estimate of drug-likeness (QED) is 0.585. The third-order valence-electron chi connectivity index (χ3n) is 3.69. The van der Waals surface area contributed by atoms with Crippen molar-refractivity contribution in [1.29, 1.82) is 0 Å². The molecule has 0 spiro atoms. The van der Waals surface area contributed by atoms with Gasteiger partial charge in [-0.15, -0.1) is 0 Å². The second-order valence-corrected chi connectivity index (χ2v) is 6.48. The molecule has 5 heteroatoms. The van der Waals surface area contributed by atoms with Gasteiger partial charge in [0.1, 0.15) is 5.82 Å². The van der Waals surface area contributed by atoms with E-state index in [9.17, 15) is 4.79 Å². The molecule has 0 saturated heterocycles. The average molecular weight is 276 g/mol. The zero-order valence-electron chi connectivity index (χ0n) is 12.5. The first-order valence-corrected chi connectivity index (χ1v) is 7.20. The van der Waals surface area contributed by atoms with Gasteiger partial charge in [0.25, 0.3) is 5.91 Å². The van der Waals surface area contributed by atoms with E-state index in [1.807, 2.05) is 6.07 Å². The summed E-state index contributed by atoms with van der Waals surface area (Å²) in [7, 11) is 0. The number of hydrogen-bond acceptors (Lipinski definition) is 4. The maximum absolute atomic E-state index is 12.3. The van der Waals surface area contributed by atoms with E-state index in [1.54, 1.807) is 6.07 Å². The molecule has 1 aliphatic carbocycles. The van der Waals surface area contributed by atoms with Crippen LogP contribution in [0.15, 0.2) is 12.1 Å². The van der Waals surface area contributed by atoms with Gasteiger partial charge in [-0.2, -0.15) is 0 Å². The summed E-state index contributed by atoms with van der Waals surface area (Å²) in [6, 6.07) is 3.85. The lowest BCUT2D eigenvalue weighted by atomic mass is 9.90. The molecule has 2 rings (SSSR count). The predicted molar refractivity (Wildman–Crippen MR) is 80.5 cm³/mol. The van der Waals surface area contributed by atoms with Crippen molar-refractivity contribution in [1.82, 2.24) is 10.3 Å². The second-order valence-electron chi connectivity index (χ2n) is 6.48. The molecule has 110 valence electrons. The maximum atomic E-state index is 12.3. The fraction of sp³-hybridized carbons (Fsp3) is 0.600. The van der Waals surface area contributed by atoms with Gasteiger partial charge in [0, 0.05) is 22.7 Å². The third-order valence-corrected chi connectivity index (χ3v) is 3.69. The minimum absolute atomic E-state index is 0.0405. The average Bonchev–Trinajstić information content (AvgIpc) is 2.90. The van der Waals surface area contributed by atoms with Gasteiger partial charge in [0.05, 0.1) is 0 Å². The highest BCUT2D eigenvalue weighted by Crippen LogP contribution is 2.24. The number of hydrogen-bond donors (Lipinski definition) is 3. The fourth-order valence-electron chi connectivity index (χ4n) is 2.46. The Bertz CT molecular complexity index is 487. The van der Waals surface area contributed by atoms with Crippen LogP contribution in [0.3, 0.4) is 0 Å². The molecular formula is C15H24N4O. The van der Waals surface area contributed by atoms with Gasteiger partial charge in [-0.3, -0.25) is 4.79 Å². The van der Waals surface area contributed by atoms with E-state index in [4.69, 9.17) is 5.84 Å². The van der Waals surface area contributed by atoms with E-state index in [1.165, 1.54) is 12.8 Å². The molecule has 0 aliphatic heterocycles. The van der Waals surface area contributed by atoms with Gasteiger partial charge in [-0.05, 0) is 25.0 Å². The molecule has 0 atom stereocenters. The van der Waals surface area contributed by atoms with Crippen molar-refractivity contribution in [2.45, 2.75) is 57.9 Å². The first-order chi connectivity index (χ1) is 9.40. The van der Waals surface area contributed by atoms with Gasteiger partial charge in [-0.25, -0.2) is 10.8 Å². The molecule has 1 fully saturated rings. The lowest BCUT2D eigenvalue weighted by Gasteiger charge is -2.20. The van der Waals surface area contributed by atoms with Crippen molar-refractivity contribution < 1.29 is 4.79 Å². The highest BCUT2D eigenvalue weighted by atomic mass is 16.1. The van der Waals surface area contributed by atoms with Gasteiger partial charge < -0.3 is 10.7 Å². The molecule has 1 aromatic heterocycles. The Kier molecular flexibility index (Phi) is 4.28. The van der Waals surface area contributed by atoms with Crippen LogP contribution in [-0.2, 0) is 5.41 Å². The number of rotatable bonds is 3. The number of nitrogens with one attached hydrogen (secondary N) is 2. The summed E-state index contributed by atoms with van der Waals surface area (Å²) in [6.07, 6.45) is 4.55. The predicted octanol–water partition coefficient (Wildman–Crippen LogP) is 2.34. The van der Waals surface area contributed by atoms with E-state index in [0.717, 1.165) is 18.5 Å². The molecule has 0 radical (unpaired) electrons. The number of nitrogens with zero attached hydrogens (tertiary/aromatic N) is 1. The summed E-state index contributed by atoms with van der Waals surface area (Å²) in [5.74, 6) is 5.93. The summed E-state index contributed by atoms with van der Waals surface area (Å²) < 4.78 is 0. The molecule has 4 N–H and O–H groups in total. The number of carbonyl (C=O) groups excluding carboxylic acids is 1. The molecule has 1 aliphatic rings. The Hall–Kier alpha value is -1.62. The van der Waals surface area contributed by atoms with Crippen LogP contribution >= 0.6 is 0 Å². The summed E-state index contributed by atoms with van der Waals surface area (Å²) in [4.78, 5) is 16.8. The largest absolute Gasteiger partial charge is 0.349 e. The highest BCUT2D eigenvalue weighted by Gasteiger charge is 2.21. The van der Waals surface area contributed by atoms with Crippen LogP contribution in [0.4, 0.5) is 5.82 Å². The van der Waals surface area contributed by atoms with Crippen LogP contribution in [0.5, 0.6) is 0 Å². The molecule has 1 aromatic rings. The van der Waals surface area contributed by atoms with Crippen molar-refractivity contribution in [3.63, 3.8) is 0 Å².